The quantitative estimate of drug-likeness (QED) is 0.711. The van der Waals surface area contributed by atoms with Gasteiger partial charge in [0.15, 0.2) is 0 Å². The van der Waals surface area contributed by atoms with E-state index in [-0.39, 0.29) is 6.10 Å². The predicted molar refractivity (Wildman–Crippen MR) is 64.9 cm³/mol. The molecule has 2 nitrogen and oxygen atoms in total. The first-order chi connectivity index (χ1) is 7.22. The SMILES string of the molecule is CCCC1CCC(CNCC(C)O)CC1. The van der Waals surface area contributed by atoms with Gasteiger partial charge in [0.05, 0.1) is 6.10 Å². The average molecular weight is 213 g/mol. The molecule has 0 heterocycles. The molecular formula is C13H27NO. The summed E-state index contributed by atoms with van der Waals surface area (Å²) >= 11 is 0. The molecule has 1 saturated carbocycles. The monoisotopic (exact) mass is 213 g/mol. The van der Waals surface area contributed by atoms with Crippen molar-refractivity contribution >= 4 is 0 Å². The van der Waals surface area contributed by atoms with Crippen LogP contribution in [0.1, 0.15) is 52.4 Å². The lowest BCUT2D eigenvalue weighted by Gasteiger charge is -2.28. The van der Waals surface area contributed by atoms with Crippen LogP contribution >= 0.6 is 0 Å². The highest BCUT2D eigenvalue weighted by molar-refractivity contribution is 4.74. The Kier molecular flexibility index (Phi) is 6.26. The van der Waals surface area contributed by atoms with E-state index in [2.05, 4.69) is 12.2 Å². The average Bonchev–Trinajstić information content (AvgIpc) is 2.20. The van der Waals surface area contributed by atoms with Crippen LogP contribution < -0.4 is 5.32 Å². The van der Waals surface area contributed by atoms with Gasteiger partial charge in [-0.3, -0.25) is 0 Å². The van der Waals surface area contributed by atoms with E-state index >= 15 is 0 Å². The molecule has 0 aromatic heterocycles. The van der Waals surface area contributed by atoms with Crippen LogP contribution in [0.3, 0.4) is 0 Å². The van der Waals surface area contributed by atoms with Gasteiger partial charge in [-0.05, 0) is 38.1 Å². The fourth-order valence-electron chi connectivity index (χ4n) is 2.63. The Hall–Kier alpha value is -0.0800. The summed E-state index contributed by atoms with van der Waals surface area (Å²) in [5.41, 5.74) is 0. The lowest BCUT2D eigenvalue weighted by atomic mass is 9.80. The third kappa shape index (κ3) is 5.53. The van der Waals surface area contributed by atoms with E-state index in [4.69, 9.17) is 5.11 Å². The van der Waals surface area contributed by atoms with E-state index in [0.717, 1.165) is 24.9 Å². The van der Waals surface area contributed by atoms with Crippen molar-refractivity contribution in [1.82, 2.24) is 5.32 Å². The molecule has 0 bridgehead atoms. The summed E-state index contributed by atoms with van der Waals surface area (Å²) in [5.74, 6) is 1.86. The third-order valence-electron chi connectivity index (χ3n) is 3.54. The van der Waals surface area contributed by atoms with Crippen molar-refractivity contribution in [2.75, 3.05) is 13.1 Å². The molecule has 0 radical (unpaired) electrons. The van der Waals surface area contributed by atoms with Crippen molar-refractivity contribution < 1.29 is 5.11 Å². The van der Waals surface area contributed by atoms with Crippen molar-refractivity contribution in [1.29, 1.82) is 0 Å². The zero-order valence-electron chi connectivity index (χ0n) is 10.3. The number of aliphatic hydroxyl groups is 1. The molecule has 1 fully saturated rings. The van der Waals surface area contributed by atoms with E-state index in [0.29, 0.717) is 0 Å². The Bertz CT molecular complexity index is 151. The molecule has 0 aromatic carbocycles. The summed E-state index contributed by atoms with van der Waals surface area (Å²) in [5, 5.41) is 12.5. The van der Waals surface area contributed by atoms with Gasteiger partial charge in [0.1, 0.15) is 0 Å². The molecule has 0 amide bonds. The molecule has 0 saturated heterocycles. The highest BCUT2D eigenvalue weighted by Crippen LogP contribution is 2.30. The van der Waals surface area contributed by atoms with Crippen LogP contribution in [0.25, 0.3) is 0 Å². The zero-order chi connectivity index (χ0) is 11.1. The normalized spacial score (nSPS) is 29.0. The lowest BCUT2D eigenvalue weighted by Crippen LogP contribution is -2.31. The number of rotatable bonds is 6. The summed E-state index contributed by atoms with van der Waals surface area (Å²) in [6.45, 7) is 5.97. The van der Waals surface area contributed by atoms with Crippen molar-refractivity contribution in [3.05, 3.63) is 0 Å². The molecule has 0 aromatic rings. The van der Waals surface area contributed by atoms with Crippen molar-refractivity contribution in [2.24, 2.45) is 11.8 Å². The maximum Gasteiger partial charge on any atom is 0.0636 e. The molecule has 0 aliphatic heterocycles. The molecule has 2 N–H and O–H groups in total. The summed E-state index contributed by atoms with van der Waals surface area (Å²) in [6.07, 6.45) is 8.18. The van der Waals surface area contributed by atoms with Gasteiger partial charge in [-0.2, -0.15) is 0 Å². The van der Waals surface area contributed by atoms with Gasteiger partial charge >= 0.3 is 0 Å². The summed E-state index contributed by atoms with van der Waals surface area (Å²) in [6, 6.07) is 0. The second-order valence-corrected chi connectivity index (χ2v) is 5.18. The smallest absolute Gasteiger partial charge is 0.0636 e. The number of nitrogens with one attached hydrogen (secondary N) is 1. The number of hydrogen-bond acceptors (Lipinski definition) is 2. The fraction of sp³-hybridized carbons (Fsp3) is 1.00. The molecule has 0 spiro atoms. The minimum atomic E-state index is -0.207. The van der Waals surface area contributed by atoms with Gasteiger partial charge in [-0.1, -0.05) is 32.6 Å². The summed E-state index contributed by atoms with van der Waals surface area (Å²) in [7, 11) is 0. The predicted octanol–water partition coefficient (Wildman–Crippen LogP) is 2.56. The van der Waals surface area contributed by atoms with Gasteiger partial charge in [0, 0.05) is 6.54 Å². The molecule has 1 unspecified atom stereocenters. The molecule has 15 heavy (non-hydrogen) atoms. The van der Waals surface area contributed by atoms with Crippen LogP contribution in [0.2, 0.25) is 0 Å². The van der Waals surface area contributed by atoms with Crippen LogP contribution in [-0.4, -0.2) is 24.3 Å². The second-order valence-electron chi connectivity index (χ2n) is 5.18. The highest BCUT2D eigenvalue weighted by Gasteiger charge is 2.19. The largest absolute Gasteiger partial charge is 0.392 e. The molecule has 1 rings (SSSR count). The van der Waals surface area contributed by atoms with E-state index < -0.39 is 0 Å². The molecule has 1 atom stereocenters. The second kappa shape index (κ2) is 7.24. The first-order valence-electron chi connectivity index (χ1n) is 6.61. The Morgan fingerprint density at radius 2 is 1.80 bits per heavy atom. The fourth-order valence-corrected chi connectivity index (χ4v) is 2.63. The lowest BCUT2D eigenvalue weighted by molar-refractivity contribution is 0.183. The molecular weight excluding hydrogens is 186 g/mol. The zero-order valence-corrected chi connectivity index (χ0v) is 10.3. The Morgan fingerprint density at radius 1 is 1.20 bits per heavy atom. The van der Waals surface area contributed by atoms with Gasteiger partial charge in [0.25, 0.3) is 0 Å². The highest BCUT2D eigenvalue weighted by atomic mass is 16.3. The van der Waals surface area contributed by atoms with Crippen LogP contribution in [-0.2, 0) is 0 Å². The maximum absolute atomic E-state index is 9.13. The van der Waals surface area contributed by atoms with Crippen LogP contribution in [0.15, 0.2) is 0 Å². The molecule has 1 aliphatic carbocycles. The maximum atomic E-state index is 9.13. The minimum absolute atomic E-state index is 0.207. The van der Waals surface area contributed by atoms with Gasteiger partial charge < -0.3 is 10.4 Å². The van der Waals surface area contributed by atoms with Crippen LogP contribution in [0, 0.1) is 11.8 Å². The van der Waals surface area contributed by atoms with E-state index in [1.54, 1.807) is 0 Å². The summed E-state index contributed by atoms with van der Waals surface area (Å²) in [4.78, 5) is 0. The third-order valence-corrected chi connectivity index (χ3v) is 3.54. The minimum Gasteiger partial charge on any atom is -0.392 e. The first-order valence-corrected chi connectivity index (χ1v) is 6.61. The molecule has 2 heteroatoms. The van der Waals surface area contributed by atoms with Crippen molar-refractivity contribution in [3.63, 3.8) is 0 Å². The summed E-state index contributed by atoms with van der Waals surface area (Å²) < 4.78 is 0. The molecule has 1 aliphatic rings. The first kappa shape index (κ1) is 13.0. The van der Waals surface area contributed by atoms with Crippen molar-refractivity contribution in [3.8, 4) is 0 Å². The van der Waals surface area contributed by atoms with E-state index in [1.807, 2.05) is 6.92 Å². The van der Waals surface area contributed by atoms with E-state index in [9.17, 15) is 0 Å². The van der Waals surface area contributed by atoms with Gasteiger partial charge in [-0.25, -0.2) is 0 Å². The number of hydrogen-bond donors (Lipinski definition) is 2. The van der Waals surface area contributed by atoms with Crippen molar-refractivity contribution in [2.45, 2.75) is 58.5 Å². The Labute approximate surface area is 94.5 Å². The number of aliphatic hydroxyl groups excluding tert-OH is 1. The van der Waals surface area contributed by atoms with E-state index in [1.165, 1.54) is 38.5 Å². The standard InChI is InChI=1S/C13H27NO/c1-3-4-12-5-7-13(8-6-12)10-14-9-11(2)15/h11-15H,3-10H2,1-2H3. The van der Waals surface area contributed by atoms with Gasteiger partial charge in [0.2, 0.25) is 0 Å². The molecule has 90 valence electrons. The topological polar surface area (TPSA) is 32.3 Å². The van der Waals surface area contributed by atoms with Crippen LogP contribution in [0.5, 0.6) is 0 Å². The van der Waals surface area contributed by atoms with Gasteiger partial charge in [-0.15, -0.1) is 0 Å². The Morgan fingerprint density at radius 3 is 2.33 bits per heavy atom. The van der Waals surface area contributed by atoms with Crippen LogP contribution in [0.4, 0.5) is 0 Å². The Balaban J connectivity index is 2.04.